The van der Waals surface area contributed by atoms with Crippen molar-refractivity contribution >= 4 is 0 Å². The van der Waals surface area contributed by atoms with Gasteiger partial charge in [-0.3, -0.25) is 0 Å². The standard InChI is InChI=1S/C22H25N3O.2C2H6/c1-16-5-4-6-20(15-16)22(11-13-25(3)14-12-22)19-9-7-18(8-10-19)21-24-23-17(2)26-21;2*1-2/h4-10,15H,11-14H2,1-3H3;2*1-2H3. The molecule has 0 spiro atoms. The summed E-state index contributed by atoms with van der Waals surface area (Å²) in [7, 11) is 2.21. The van der Waals surface area contributed by atoms with Crippen molar-refractivity contribution in [1.29, 1.82) is 0 Å². The number of likely N-dealkylation sites (tertiary alicyclic amines) is 1. The zero-order chi connectivity index (χ0) is 22.1. The van der Waals surface area contributed by atoms with Crippen LogP contribution in [0, 0.1) is 13.8 Å². The molecule has 3 aromatic rings. The van der Waals surface area contributed by atoms with E-state index in [9.17, 15) is 0 Å². The summed E-state index contributed by atoms with van der Waals surface area (Å²) in [6, 6.07) is 17.7. The lowest BCUT2D eigenvalue weighted by Gasteiger charge is -2.42. The van der Waals surface area contributed by atoms with Crippen molar-refractivity contribution < 1.29 is 4.42 Å². The maximum atomic E-state index is 5.57. The number of benzene rings is 2. The van der Waals surface area contributed by atoms with Crippen LogP contribution >= 0.6 is 0 Å². The molecule has 1 aliphatic rings. The van der Waals surface area contributed by atoms with Gasteiger partial charge in [-0.25, -0.2) is 0 Å². The van der Waals surface area contributed by atoms with Gasteiger partial charge in [0, 0.05) is 17.9 Å². The average molecular weight is 408 g/mol. The molecule has 0 unspecified atom stereocenters. The molecule has 0 bridgehead atoms. The van der Waals surface area contributed by atoms with Crippen molar-refractivity contribution in [1.82, 2.24) is 15.1 Å². The quantitative estimate of drug-likeness (QED) is 0.502. The number of aryl methyl sites for hydroxylation is 2. The van der Waals surface area contributed by atoms with E-state index in [1.54, 1.807) is 0 Å². The number of nitrogens with zero attached hydrogens (tertiary/aromatic N) is 3. The Balaban J connectivity index is 0.000000757. The molecule has 2 aromatic carbocycles. The lowest BCUT2D eigenvalue weighted by Crippen LogP contribution is -2.41. The Morgan fingerprint density at radius 3 is 2.00 bits per heavy atom. The second-order valence-corrected chi connectivity index (χ2v) is 7.46. The summed E-state index contributed by atoms with van der Waals surface area (Å²) >= 11 is 0. The summed E-state index contributed by atoms with van der Waals surface area (Å²) in [5, 5.41) is 8.06. The zero-order valence-electron chi connectivity index (χ0n) is 19.7. The van der Waals surface area contributed by atoms with E-state index in [0.717, 1.165) is 31.5 Å². The van der Waals surface area contributed by atoms with Gasteiger partial charge in [-0.2, -0.15) is 0 Å². The first-order chi connectivity index (χ1) is 14.6. The SMILES string of the molecule is CC.CC.Cc1cccc(C2(c3ccc(-c4nnc(C)o4)cc3)CCN(C)CC2)c1. The highest BCUT2D eigenvalue weighted by Crippen LogP contribution is 2.42. The molecule has 4 rings (SSSR count). The van der Waals surface area contributed by atoms with E-state index in [4.69, 9.17) is 4.42 Å². The van der Waals surface area contributed by atoms with Gasteiger partial charge in [-0.05, 0) is 63.2 Å². The van der Waals surface area contributed by atoms with Crippen molar-refractivity contribution in [2.75, 3.05) is 20.1 Å². The number of piperidine rings is 1. The van der Waals surface area contributed by atoms with Gasteiger partial charge in [0.15, 0.2) is 0 Å². The molecule has 0 aliphatic carbocycles. The molecule has 4 nitrogen and oxygen atoms in total. The lowest BCUT2D eigenvalue weighted by molar-refractivity contribution is 0.213. The maximum absolute atomic E-state index is 5.57. The van der Waals surface area contributed by atoms with Gasteiger partial charge in [0.2, 0.25) is 11.8 Å². The number of hydrogen-bond acceptors (Lipinski definition) is 4. The van der Waals surface area contributed by atoms with E-state index in [0.29, 0.717) is 11.8 Å². The fourth-order valence-corrected chi connectivity index (χ4v) is 4.03. The highest BCUT2D eigenvalue weighted by Gasteiger charge is 2.37. The molecule has 0 saturated carbocycles. The second-order valence-electron chi connectivity index (χ2n) is 7.46. The molecule has 1 aromatic heterocycles. The first-order valence-electron chi connectivity index (χ1n) is 11.2. The summed E-state index contributed by atoms with van der Waals surface area (Å²) in [6.07, 6.45) is 2.26. The van der Waals surface area contributed by atoms with E-state index >= 15 is 0 Å². The normalized spacial score (nSPS) is 15.4. The maximum Gasteiger partial charge on any atom is 0.247 e. The van der Waals surface area contributed by atoms with Crippen LogP contribution in [0.4, 0.5) is 0 Å². The van der Waals surface area contributed by atoms with E-state index < -0.39 is 0 Å². The van der Waals surface area contributed by atoms with Gasteiger partial charge < -0.3 is 9.32 Å². The molecule has 0 amide bonds. The Morgan fingerprint density at radius 2 is 1.47 bits per heavy atom. The van der Waals surface area contributed by atoms with E-state index in [2.05, 4.69) is 77.6 Å². The molecular weight excluding hydrogens is 370 g/mol. The Morgan fingerprint density at radius 1 is 0.833 bits per heavy atom. The monoisotopic (exact) mass is 407 g/mol. The third kappa shape index (κ3) is 5.17. The van der Waals surface area contributed by atoms with Crippen LogP contribution < -0.4 is 0 Å². The number of rotatable bonds is 3. The van der Waals surface area contributed by atoms with Crippen molar-refractivity contribution in [3.8, 4) is 11.5 Å². The molecule has 1 fully saturated rings. The number of aromatic nitrogens is 2. The fraction of sp³-hybridized carbons (Fsp3) is 0.462. The van der Waals surface area contributed by atoms with Gasteiger partial charge in [0.1, 0.15) is 0 Å². The molecule has 0 radical (unpaired) electrons. The van der Waals surface area contributed by atoms with Crippen LogP contribution in [0.25, 0.3) is 11.5 Å². The highest BCUT2D eigenvalue weighted by atomic mass is 16.4. The lowest BCUT2D eigenvalue weighted by atomic mass is 9.68. The van der Waals surface area contributed by atoms with E-state index in [-0.39, 0.29) is 5.41 Å². The smallest absolute Gasteiger partial charge is 0.247 e. The molecule has 2 heterocycles. The molecule has 1 saturated heterocycles. The summed E-state index contributed by atoms with van der Waals surface area (Å²) in [5.74, 6) is 1.18. The van der Waals surface area contributed by atoms with Gasteiger partial charge in [-0.1, -0.05) is 69.7 Å². The second kappa shape index (κ2) is 11.1. The Kier molecular flexibility index (Phi) is 8.79. The van der Waals surface area contributed by atoms with Gasteiger partial charge in [-0.15, -0.1) is 10.2 Å². The average Bonchev–Trinajstić information content (AvgIpc) is 3.24. The van der Waals surface area contributed by atoms with Crippen LogP contribution in [0.3, 0.4) is 0 Å². The molecule has 0 N–H and O–H groups in total. The van der Waals surface area contributed by atoms with Gasteiger partial charge in [0.25, 0.3) is 0 Å². The minimum absolute atomic E-state index is 0.0712. The Labute approximate surface area is 182 Å². The van der Waals surface area contributed by atoms with Crippen molar-refractivity contribution in [2.45, 2.75) is 59.8 Å². The third-order valence-corrected chi connectivity index (χ3v) is 5.62. The van der Waals surface area contributed by atoms with Crippen LogP contribution in [0.5, 0.6) is 0 Å². The zero-order valence-corrected chi connectivity index (χ0v) is 19.7. The number of hydrogen-bond donors (Lipinski definition) is 0. The first-order valence-corrected chi connectivity index (χ1v) is 11.2. The Bertz CT molecular complexity index is 891. The van der Waals surface area contributed by atoms with Crippen LogP contribution in [0.15, 0.2) is 52.9 Å². The minimum Gasteiger partial charge on any atom is -0.421 e. The van der Waals surface area contributed by atoms with Crippen LogP contribution in [0.2, 0.25) is 0 Å². The molecular formula is C26H37N3O. The molecule has 1 aliphatic heterocycles. The molecule has 162 valence electrons. The summed E-state index contributed by atoms with van der Waals surface area (Å²) in [6.45, 7) is 14.2. The highest BCUT2D eigenvalue weighted by molar-refractivity contribution is 5.55. The largest absolute Gasteiger partial charge is 0.421 e. The van der Waals surface area contributed by atoms with Crippen molar-refractivity contribution in [2.24, 2.45) is 0 Å². The fourth-order valence-electron chi connectivity index (χ4n) is 4.03. The van der Waals surface area contributed by atoms with Crippen molar-refractivity contribution in [3.05, 3.63) is 71.1 Å². The molecule has 30 heavy (non-hydrogen) atoms. The minimum atomic E-state index is 0.0712. The van der Waals surface area contributed by atoms with Crippen LogP contribution in [0.1, 0.15) is 63.1 Å². The van der Waals surface area contributed by atoms with Gasteiger partial charge in [0.05, 0.1) is 0 Å². The van der Waals surface area contributed by atoms with E-state index in [1.165, 1.54) is 16.7 Å². The van der Waals surface area contributed by atoms with Crippen molar-refractivity contribution in [3.63, 3.8) is 0 Å². The molecule has 4 heteroatoms. The predicted molar refractivity (Wildman–Crippen MR) is 126 cm³/mol. The Hall–Kier alpha value is -2.46. The summed E-state index contributed by atoms with van der Waals surface area (Å²) in [4.78, 5) is 2.42. The van der Waals surface area contributed by atoms with Crippen LogP contribution in [-0.2, 0) is 5.41 Å². The topological polar surface area (TPSA) is 42.2 Å². The van der Waals surface area contributed by atoms with E-state index in [1.807, 2.05) is 34.6 Å². The predicted octanol–water partition coefficient (Wildman–Crippen LogP) is 6.42. The third-order valence-electron chi connectivity index (χ3n) is 5.62. The molecule has 0 atom stereocenters. The van der Waals surface area contributed by atoms with Gasteiger partial charge >= 0.3 is 0 Å². The first kappa shape index (κ1) is 23.8. The van der Waals surface area contributed by atoms with Crippen LogP contribution in [-0.4, -0.2) is 35.2 Å². The summed E-state index contributed by atoms with van der Waals surface area (Å²) in [5.41, 5.74) is 5.16. The summed E-state index contributed by atoms with van der Waals surface area (Å²) < 4.78 is 5.57.